The molecule has 0 aliphatic carbocycles. The van der Waals surface area contributed by atoms with Crippen LogP contribution in [-0.4, -0.2) is 14.7 Å². The molecule has 0 aromatic heterocycles. The topological polar surface area (TPSA) is 53.2 Å². The van der Waals surface area contributed by atoms with Crippen LogP contribution >= 0.6 is 0 Å². The van der Waals surface area contributed by atoms with Gasteiger partial charge in [-0.1, -0.05) is 18.2 Å². The number of hydrogen-bond acceptors (Lipinski definition) is 2. The molecular weight excluding hydrogens is 268 g/mol. The number of benzene rings is 1. The normalized spacial score (nSPS) is 14.8. The summed E-state index contributed by atoms with van der Waals surface area (Å²) in [5.41, 5.74) is 2.03. The molecule has 1 aromatic rings. The lowest BCUT2D eigenvalue weighted by Gasteiger charge is -2.17. The van der Waals surface area contributed by atoms with Crippen LogP contribution in [0.15, 0.2) is 28.7 Å². The van der Waals surface area contributed by atoms with Gasteiger partial charge in [-0.3, -0.25) is 0 Å². The van der Waals surface area contributed by atoms with E-state index in [1.807, 2.05) is 65.8 Å². The molecule has 20 heavy (non-hydrogen) atoms. The Bertz CT molecular complexity index is 589. The van der Waals surface area contributed by atoms with Gasteiger partial charge in [-0.25, -0.2) is 4.21 Å². The van der Waals surface area contributed by atoms with Gasteiger partial charge >= 0.3 is 0 Å². The first-order chi connectivity index (χ1) is 9.08. The molecule has 1 rings (SSSR count). The van der Waals surface area contributed by atoms with Crippen molar-refractivity contribution >= 4 is 16.7 Å². The van der Waals surface area contributed by atoms with Crippen molar-refractivity contribution < 1.29 is 4.21 Å². The fraction of sp³-hybridized carbons (Fsp3) is 0.500. The lowest BCUT2D eigenvalue weighted by atomic mass is 9.85. The van der Waals surface area contributed by atoms with Gasteiger partial charge in [-0.2, -0.15) is 9.66 Å². The second-order valence-electron chi connectivity index (χ2n) is 6.36. The van der Waals surface area contributed by atoms with E-state index in [1.54, 1.807) is 0 Å². The second kappa shape index (κ2) is 5.88. The van der Waals surface area contributed by atoms with Gasteiger partial charge in [0.15, 0.2) is 0 Å². The summed E-state index contributed by atoms with van der Waals surface area (Å²) in [5.74, 6) is 0. The van der Waals surface area contributed by atoms with E-state index >= 15 is 0 Å². The molecule has 0 saturated heterocycles. The quantitative estimate of drug-likeness (QED) is 0.796. The molecule has 0 fully saturated rings. The average Bonchev–Trinajstić information content (AvgIpc) is 2.37. The summed E-state index contributed by atoms with van der Waals surface area (Å²) in [6.45, 7) is 11.3. The summed E-state index contributed by atoms with van der Waals surface area (Å²) in [5, 5.41) is 9.20. The Balaban J connectivity index is 3.17. The van der Waals surface area contributed by atoms with Gasteiger partial charge in [0.1, 0.15) is 11.0 Å². The van der Waals surface area contributed by atoms with Gasteiger partial charge in [0, 0.05) is 0 Å². The van der Waals surface area contributed by atoms with Gasteiger partial charge in [0.25, 0.3) is 0 Å². The maximum Gasteiger partial charge on any atom is 0.145 e. The maximum absolute atomic E-state index is 12.1. The van der Waals surface area contributed by atoms with Crippen molar-refractivity contribution in [3.8, 4) is 6.07 Å². The van der Waals surface area contributed by atoms with Crippen LogP contribution in [-0.2, 0) is 16.4 Å². The first-order valence-electron chi connectivity index (χ1n) is 6.57. The lowest BCUT2D eigenvalue weighted by Crippen LogP contribution is -2.21. The Morgan fingerprint density at radius 1 is 1.25 bits per heavy atom. The van der Waals surface area contributed by atoms with E-state index < -0.39 is 16.4 Å². The van der Waals surface area contributed by atoms with E-state index in [9.17, 15) is 9.47 Å². The summed E-state index contributed by atoms with van der Waals surface area (Å²) in [7, 11) is -1.27. The van der Waals surface area contributed by atoms with Gasteiger partial charge in [0.05, 0.1) is 21.9 Å². The predicted molar refractivity (Wildman–Crippen MR) is 85.2 cm³/mol. The molecule has 1 aromatic carbocycles. The molecule has 0 bridgehead atoms. The zero-order valence-corrected chi connectivity index (χ0v) is 13.8. The second-order valence-corrected chi connectivity index (χ2v) is 8.26. The van der Waals surface area contributed by atoms with Crippen LogP contribution in [0.2, 0.25) is 0 Å². The molecule has 1 unspecified atom stereocenters. The molecular formula is C16H22N2OS. The number of rotatable bonds is 3. The maximum atomic E-state index is 12.1. The molecule has 0 spiro atoms. The summed E-state index contributed by atoms with van der Waals surface area (Å²) in [6, 6.07) is 10.00. The van der Waals surface area contributed by atoms with Crippen LogP contribution < -0.4 is 0 Å². The third-order valence-electron chi connectivity index (χ3n) is 3.03. The molecule has 0 aliphatic heterocycles. The van der Waals surface area contributed by atoms with Crippen LogP contribution in [0.5, 0.6) is 0 Å². The molecule has 0 radical (unpaired) electrons. The average molecular weight is 290 g/mol. The zero-order chi connectivity index (χ0) is 15.6. The number of hydrogen-bond donors (Lipinski definition) is 0. The minimum Gasteiger partial charge on any atom is -0.234 e. The van der Waals surface area contributed by atoms with Crippen LogP contribution in [0.1, 0.15) is 52.7 Å². The van der Waals surface area contributed by atoms with Crippen molar-refractivity contribution in [2.75, 3.05) is 0 Å². The van der Waals surface area contributed by atoms with Crippen molar-refractivity contribution in [3.05, 3.63) is 35.4 Å². The molecule has 1 atom stereocenters. The van der Waals surface area contributed by atoms with Crippen molar-refractivity contribution in [2.24, 2.45) is 4.40 Å². The minimum atomic E-state index is -1.27. The molecule has 0 aliphatic rings. The third kappa shape index (κ3) is 4.01. The molecule has 4 heteroatoms. The van der Waals surface area contributed by atoms with E-state index in [1.165, 1.54) is 0 Å². The smallest absolute Gasteiger partial charge is 0.145 e. The largest absolute Gasteiger partial charge is 0.234 e. The zero-order valence-electron chi connectivity index (χ0n) is 13.0. The van der Waals surface area contributed by atoms with Crippen LogP contribution in [0, 0.1) is 11.3 Å². The summed E-state index contributed by atoms with van der Waals surface area (Å²) in [6.07, 6.45) is 0. The molecule has 0 amide bonds. The molecule has 108 valence electrons. The highest BCUT2D eigenvalue weighted by molar-refractivity contribution is 7.85. The van der Waals surface area contributed by atoms with E-state index in [-0.39, 0.29) is 4.75 Å². The third-order valence-corrected chi connectivity index (χ3v) is 4.51. The van der Waals surface area contributed by atoms with Crippen molar-refractivity contribution in [2.45, 2.75) is 51.7 Å². The van der Waals surface area contributed by atoms with E-state index in [4.69, 9.17) is 0 Å². The highest BCUT2D eigenvalue weighted by Crippen LogP contribution is 2.23. The van der Waals surface area contributed by atoms with Gasteiger partial charge < -0.3 is 0 Å². The van der Waals surface area contributed by atoms with E-state index in [0.717, 1.165) is 16.8 Å². The highest BCUT2D eigenvalue weighted by atomic mass is 32.2. The molecule has 3 nitrogen and oxygen atoms in total. The first-order valence-corrected chi connectivity index (χ1v) is 7.68. The number of nitriles is 1. The molecule has 0 saturated carbocycles. The highest BCUT2D eigenvalue weighted by Gasteiger charge is 2.21. The Labute approximate surface area is 124 Å². The SMILES string of the molecule is CC(=NS(=O)C(C)(C)C)c1cccc(C(C)(C)C#N)c1. The Hall–Kier alpha value is -1.47. The van der Waals surface area contributed by atoms with Gasteiger partial charge in [-0.05, 0) is 58.7 Å². The van der Waals surface area contributed by atoms with Crippen molar-refractivity contribution in [1.29, 1.82) is 5.26 Å². The Morgan fingerprint density at radius 3 is 2.35 bits per heavy atom. The lowest BCUT2D eigenvalue weighted by molar-refractivity contribution is 0.650. The number of nitrogens with zero attached hydrogens (tertiary/aromatic N) is 2. The predicted octanol–water partition coefficient (Wildman–Crippen LogP) is 3.76. The standard InChI is InChI=1S/C16H22N2OS/c1-12(18-20(19)15(2,3)4)13-8-7-9-14(10-13)16(5,6)11-17/h7-10H,1-6H3. The fourth-order valence-corrected chi connectivity index (χ4v) is 2.14. The van der Waals surface area contributed by atoms with Crippen LogP contribution in [0.3, 0.4) is 0 Å². The van der Waals surface area contributed by atoms with E-state index in [0.29, 0.717) is 0 Å². The van der Waals surface area contributed by atoms with Crippen LogP contribution in [0.4, 0.5) is 0 Å². The molecule has 0 heterocycles. The van der Waals surface area contributed by atoms with Gasteiger partial charge in [-0.15, -0.1) is 0 Å². The van der Waals surface area contributed by atoms with Gasteiger partial charge in [0.2, 0.25) is 0 Å². The van der Waals surface area contributed by atoms with Crippen molar-refractivity contribution in [1.82, 2.24) is 0 Å². The Morgan fingerprint density at radius 2 is 1.85 bits per heavy atom. The Kier molecular flexibility index (Phi) is 4.88. The fourth-order valence-electron chi connectivity index (χ4n) is 1.51. The monoisotopic (exact) mass is 290 g/mol. The minimum absolute atomic E-state index is 0.370. The molecule has 0 N–H and O–H groups in total. The summed E-state index contributed by atoms with van der Waals surface area (Å²) in [4.78, 5) is 0. The first kappa shape index (κ1) is 16.6. The summed E-state index contributed by atoms with van der Waals surface area (Å²) >= 11 is 0. The van der Waals surface area contributed by atoms with E-state index in [2.05, 4.69) is 10.5 Å². The summed E-state index contributed by atoms with van der Waals surface area (Å²) < 4.78 is 16.0. The van der Waals surface area contributed by atoms with Crippen LogP contribution in [0.25, 0.3) is 0 Å². The van der Waals surface area contributed by atoms with Crippen molar-refractivity contribution in [3.63, 3.8) is 0 Å².